The monoisotopic (exact) mass is 542 g/mol. The van der Waals surface area contributed by atoms with Crippen LogP contribution in [0.3, 0.4) is 0 Å². The summed E-state index contributed by atoms with van der Waals surface area (Å²) in [6, 6.07) is 4.97. The Bertz CT molecular complexity index is 1220. The smallest absolute Gasteiger partial charge is 0.421 e. The number of carboxylic acids is 1. The first kappa shape index (κ1) is 27.0. The molecule has 36 heavy (non-hydrogen) atoms. The minimum absolute atomic E-state index is 0.119. The Morgan fingerprint density at radius 2 is 1.89 bits per heavy atom. The number of methoxy groups -OCH3 is 1. The highest BCUT2D eigenvalue weighted by atomic mass is 32.2. The van der Waals surface area contributed by atoms with Crippen LogP contribution in [0.4, 0.5) is 4.79 Å². The number of β-lactam (4-membered cyclic amide) rings is 1. The number of hydrogen-bond donors (Lipinski definition) is 4. The molecule has 14 nitrogen and oxygen atoms in total. The normalized spacial score (nSPS) is 19.9. The Labute approximate surface area is 209 Å². The van der Waals surface area contributed by atoms with E-state index >= 15 is 0 Å². The van der Waals surface area contributed by atoms with E-state index in [1.54, 1.807) is 22.9 Å². The highest BCUT2D eigenvalue weighted by Gasteiger charge is 2.54. The van der Waals surface area contributed by atoms with E-state index in [9.17, 15) is 37.5 Å². The molecule has 0 bridgehead atoms. The lowest BCUT2D eigenvalue weighted by Gasteiger charge is -2.49. The lowest BCUT2D eigenvalue weighted by atomic mass is 10.0. The molecule has 1 aromatic rings. The molecule has 1 aromatic carbocycles. The first-order valence-electron chi connectivity index (χ1n) is 10.2. The summed E-state index contributed by atoms with van der Waals surface area (Å²) in [7, 11) is -3.59. The van der Waals surface area contributed by atoms with Crippen molar-refractivity contribution in [3.63, 3.8) is 0 Å². The van der Waals surface area contributed by atoms with E-state index in [0.29, 0.717) is 0 Å². The Kier molecular flexibility index (Phi) is 8.21. The average Bonchev–Trinajstić information content (AvgIpc) is 2.83. The van der Waals surface area contributed by atoms with Gasteiger partial charge in [0.05, 0.1) is 7.11 Å². The molecule has 0 aliphatic carbocycles. The van der Waals surface area contributed by atoms with Crippen LogP contribution in [0.25, 0.3) is 0 Å². The zero-order valence-corrected chi connectivity index (χ0v) is 20.6. The molecule has 0 aromatic heterocycles. The van der Waals surface area contributed by atoms with E-state index in [1.807, 2.05) is 4.72 Å². The number of nitrogens with one attached hydrogen (secondary N) is 3. The fourth-order valence-corrected chi connectivity index (χ4v) is 5.72. The number of carbonyl (C=O) groups is 5. The SMILES string of the molecule is COC(=O)NS(=O)(=O)NC(C(=O)N[C@@H]1C(=O)N2C(C(=O)O)=C(COC(C)=O)CS[C@H]12)c1ccccc1. The maximum Gasteiger partial charge on any atom is 0.421 e. The molecule has 3 rings (SSSR count). The summed E-state index contributed by atoms with van der Waals surface area (Å²) in [5.74, 6) is -3.55. The van der Waals surface area contributed by atoms with Gasteiger partial charge in [0, 0.05) is 18.2 Å². The third kappa shape index (κ3) is 5.95. The van der Waals surface area contributed by atoms with Crippen LogP contribution in [-0.2, 0) is 38.9 Å². The number of nitrogens with zero attached hydrogens (tertiary/aromatic N) is 1. The maximum absolute atomic E-state index is 13.1. The third-order valence-electron chi connectivity index (χ3n) is 5.07. The van der Waals surface area contributed by atoms with Crippen molar-refractivity contribution < 1.29 is 47.0 Å². The number of rotatable bonds is 9. The first-order chi connectivity index (χ1) is 16.9. The van der Waals surface area contributed by atoms with Crippen LogP contribution in [0, 0.1) is 0 Å². The van der Waals surface area contributed by atoms with Crippen molar-refractivity contribution in [2.75, 3.05) is 19.5 Å². The molecule has 2 heterocycles. The predicted molar refractivity (Wildman–Crippen MR) is 123 cm³/mol. The number of aliphatic carboxylic acids is 1. The van der Waals surface area contributed by atoms with Gasteiger partial charge in [-0.1, -0.05) is 30.3 Å². The number of hydrogen-bond acceptors (Lipinski definition) is 10. The fourth-order valence-electron chi connectivity index (χ4n) is 3.47. The lowest BCUT2D eigenvalue weighted by Crippen LogP contribution is -2.71. The van der Waals surface area contributed by atoms with Crippen molar-refractivity contribution in [2.45, 2.75) is 24.4 Å². The van der Waals surface area contributed by atoms with Gasteiger partial charge in [-0.15, -0.1) is 11.8 Å². The molecule has 1 unspecified atom stereocenters. The number of amides is 3. The maximum atomic E-state index is 13.1. The van der Waals surface area contributed by atoms with Gasteiger partial charge in [-0.25, -0.2) is 14.3 Å². The quantitative estimate of drug-likeness (QED) is 0.226. The van der Waals surface area contributed by atoms with Crippen LogP contribution < -0.4 is 14.8 Å². The molecular weight excluding hydrogens is 520 g/mol. The second-order valence-electron chi connectivity index (χ2n) is 7.49. The van der Waals surface area contributed by atoms with Crippen LogP contribution in [-0.4, -0.2) is 79.2 Å². The lowest BCUT2D eigenvalue weighted by molar-refractivity contribution is -0.151. The van der Waals surface area contributed by atoms with Crippen LogP contribution in [0.15, 0.2) is 41.6 Å². The molecular formula is C20H22N4O10S2. The number of fused-ring (bicyclic) bond motifs is 1. The third-order valence-corrected chi connectivity index (χ3v) is 7.39. The summed E-state index contributed by atoms with van der Waals surface area (Å²) in [6.45, 7) is 0.862. The van der Waals surface area contributed by atoms with Crippen molar-refractivity contribution in [1.82, 2.24) is 19.7 Å². The molecule has 1 fully saturated rings. The van der Waals surface area contributed by atoms with E-state index in [0.717, 1.165) is 30.7 Å². The van der Waals surface area contributed by atoms with Gasteiger partial charge >= 0.3 is 28.2 Å². The summed E-state index contributed by atoms with van der Waals surface area (Å²) in [5.41, 5.74) is 0.0962. The molecule has 3 atom stereocenters. The van der Waals surface area contributed by atoms with Crippen molar-refractivity contribution in [3.8, 4) is 0 Å². The van der Waals surface area contributed by atoms with Gasteiger partial charge in [0.15, 0.2) is 0 Å². The van der Waals surface area contributed by atoms with Gasteiger partial charge in [0.2, 0.25) is 5.91 Å². The molecule has 1 saturated heterocycles. The van der Waals surface area contributed by atoms with E-state index in [2.05, 4.69) is 10.1 Å². The van der Waals surface area contributed by atoms with Crippen LogP contribution >= 0.6 is 11.8 Å². The summed E-state index contributed by atoms with van der Waals surface area (Å²) in [4.78, 5) is 61.2. The predicted octanol–water partition coefficient (Wildman–Crippen LogP) is -0.780. The molecule has 3 amide bonds. The molecule has 4 N–H and O–H groups in total. The summed E-state index contributed by atoms with van der Waals surface area (Å²) in [5, 5.41) is 11.3. The largest absolute Gasteiger partial charge is 0.477 e. The van der Waals surface area contributed by atoms with E-state index < -0.39 is 57.5 Å². The molecule has 2 aliphatic rings. The summed E-state index contributed by atoms with van der Waals surface area (Å²) < 4.78 is 37.4. The number of carboxylic acid groups (broad SMARTS) is 1. The van der Waals surface area contributed by atoms with Crippen LogP contribution in [0.1, 0.15) is 18.5 Å². The van der Waals surface area contributed by atoms with Crippen molar-refractivity contribution in [2.24, 2.45) is 0 Å². The highest BCUT2D eigenvalue weighted by molar-refractivity contribution is 8.00. The molecule has 2 aliphatic heterocycles. The van der Waals surface area contributed by atoms with Gasteiger partial charge in [-0.3, -0.25) is 19.3 Å². The zero-order valence-electron chi connectivity index (χ0n) is 18.9. The van der Waals surface area contributed by atoms with E-state index in [1.165, 1.54) is 12.1 Å². The van der Waals surface area contributed by atoms with Gasteiger partial charge in [0.1, 0.15) is 29.8 Å². The van der Waals surface area contributed by atoms with Crippen molar-refractivity contribution in [3.05, 3.63) is 47.2 Å². The molecule has 16 heteroatoms. The Morgan fingerprint density at radius 1 is 1.22 bits per heavy atom. The number of thioether (sulfide) groups is 1. The zero-order chi connectivity index (χ0) is 26.6. The average molecular weight is 543 g/mol. The van der Waals surface area contributed by atoms with E-state index in [4.69, 9.17) is 4.74 Å². The minimum atomic E-state index is -4.55. The van der Waals surface area contributed by atoms with Crippen LogP contribution in [0.2, 0.25) is 0 Å². The Hall–Kier alpha value is -3.63. The second kappa shape index (κ2) is 11.0. The highest BCUT2D eigenvalue weighted by Crippen LogP contribution is 2.40. The second-order valence-corrected chi connectivity index (χ2v) is 10.0. The molecule has 0 radical (unpaired) electrons. The van der Waals surface area contributed by atoms with Gasteiger partial charge < -0.3 is 19.9 Å². The first-order valence-corrected chi connectivity index (χ1v) is 12.7. The molecule has 0 spiro atoms. The minimum Gasteiger partial charge on any atom is -0.477 e. The van der Waals surface area contributed by atoms with Gasteiger partial charge in [0.25, 0.3) is 5.91 Å². The molecule has 194 valence electrons. The van der Waals surface area contributed by atoms with E-state index in [-0.39, 0.29) is 29.2 Å². The van der Waals surface area contributed by atoms with Crippen molar-refractivity contribution >= 4 is 51.8 Å². The Balaban J connectivity index is 1.80. The van der Waals surface area contributed by atoms with Gasteiger partial charge in [-0.05, 0) is 5.56 Å². The topological polar surface area (TPSA) is 198 Å². The summed E-state index contributed by atoms with van der Waals surface area (Å²) >= 11 is 1.15. The van der Waals surface area contributed by atoms with Crippen molar-refractivity contribution in [1.29, 1.82) is 0 Å². The summed E-state index contributed by atoms with van der Waals surface area (Å²) in [6.07, 6.45) is -1.28. The molecule has 0 saturated carbocycles. The standard InChI is InChI=1S/C20H22N4O10S2/c1-10(25)34-8-12-9-35-18-14(17(27)24(18)15(12)19(28)29)21-16(26)13(11-6-4-3-5-7-11)22-36(31,32)23-20(30)33-2/h3-7,13-14,18,22H,8-9H2,1-2H3,(H,21,26)(H,23,30)(H,28,29)/t13?,14-,18-/m1/s1. The van der Waals surface area contributed by atoms with Crippen LogP contribution in [0.5, 0.6) is 0 Å². The number of benzene rings is 1. The van der Waals surface area contributed by atoms with Gasteiger partial charge in [-0.2, -0.15) is 13.1 Å². The number of carbonyl (C=O) groups excluding carboxylic acids is 4. The Morgan fingerprint density at radius 3 is 2.47 bits per heavy atom. The fraction of sp³-hybridized carbons (Fsp3) is 0.350. The number of esters is 1. The number of ether oxygens (including phenoxy) is 2.